The molecule has 1 fully saturated rings. The van der Waals surface area contributed by atoms with Crippen molar-refractivity contribution in [3.8, 4) is 17.2 Å². The molecule has 4 N–H and O–H groups in total. The number of rotatable bonds is 5. The van der Waals surface area contributed by atoms with Crippen LogP contribution < -0.4 is 10.1 Å². The van der Waals surface area contributed by atoms with Gasteiger partial charge in [0.2, 0.25) is 11.6 Å². The number of nitrogens with zero attached hydrogens (tertiary/aromatic N) is 2. The number of hydrogen-bond acceptors (Lipinski definition) is 11. The van der Waals surface area contributed by atoms with Crippen molar-refractivity contribution in [2.75, 3.05) is 34.4 Å². The number of nitrogens with one attached hydrogen (secondary N) is 1. The Balaban J connectivity index is 1.71. The Morgan fingerprint density at radius 1 is 1.02 bits per heavy atom. The molecule has 0 radical (unpaired) electrons. The molecule has 0 spiro atoms. The monoisotopic (exact) mass is 555 g/mol. The maximum absolute atomic E-state index is 13.7. The van der Waals surface area contributed by atoms with Crippen LogP contribution in [0.1, 0.15) is 49.1 Å². The summed E-state index contributed by atoms with van der Waals surface area (Å²) in [6.45, 7) is 4.29. The number of phenols is 2. The molecule has 2 bridgehead atoms. The standard InChI is InChI=1S/C28H33N3O9/c1-10-21(33)13-7-14-20-18-19(22(34)11(2)27(40-6)25(18)37)23(35)16(30(20)4)9-31(14)15(8-29-28(38)12(3)32)17(13)24(36)26(10)39-5/h14-16,20,23,34-35,37H,7-9H2,1-6H3,(H,29,38)/t14-,15-,16+,20-,23+/m0/s1. The van der Waals surface area contributed by atoms with Gasteiger partial charge in [0.15, 0.2) is 23.0 Å². The molecular weight excluding hydrogens is 522 g/mol. The summed E-state index contributed by atoms with van der Waals surface area (Å²) in [4.78, 5) is 55.0. The Morgan fingerprint density at radius 3 is 2.30 bits per heavy atom. The number of ketones is 3. The number of carbonyl (C=O) groups is 4. The third-order valence-electron chi connectivity index (χ3n) is 8.88. The number of carbonyl (C=O) groups excluding carboxylic acids is 4. The van der Waals surface area contributed by atoms with Crippen molar-refractivity contribution in [3.63, 3.8) is 0 Å². The fraction of sp³-hybridized carbons (Fsp3) is 0.500. The second-order valence-electron chi connectivity index (χ2n) is 10.8. The number of benzene rings is 1. The Bertz CT molecular complexity index is 1430. The van der Waals surface area contributed by atoms with Gasteiger partial charge in [-0.15, -0.1) is 0 Å². The molecule has 40 heavy (non-hydrogen) atoms. The van der Waals surface area contributed by atoms with Crippen LogP contribution in [0.15, 0.2) is 22.5 Å². The molecule has 214 valence electrons. The first-order valence-corrected chi connectivity index (χ1v) is 13.0. The van der Waals surface area contributed by atoms with Gasteiger partial charge in [-0.2, -0.15) is 0 Å². The Kier molecular flexibility index (Phi) is 6.76. The topological polar surface area (TPSA) is 166 Å². The molecule has 1 amide bonds. The van der Waals surface area contributed by atoms with Gasteiger partial charge in [-0.25, -0.2) is 0 Å². The van der Waals surface area contributed by atoms with Crippen LogP contribution in [0.5, 0.6) is 17.2 Å². The molecule has 3 aliphatic heterocycles. The summed E-state index contributed by atoms with van der Waals surface area (Å²) in [7, 11) is 4.47. The number of aliphatic hydroxyl groups excluding tert-OH is 1. The number of piperazine rings is 1. The minimum Gasteiger partial charge on any atom is -0.507 e. The zero-order valence-corrected chi connectivity index (χ0v) is 23.2. The number of allylic oxidation sites excluding steroid dienone is 2. The number of methoxy groups -OCH3 is 2. The normalized spacial score (nSPS) is 28.1. The Labute approximate surface area is 230 Å². The molecule has 0 saturated carbocycles. The van der Waals surface area contributed by atoms with E-state index in [0.29, 0.717) is 0 Å². The SMILES string of the molecule is COC1=C(C)C(=O)C2=C(C1=O)[C@H](CNC(=O)C(C)=O)N1C[C@@H]3[C@@H](O)c4c(O)c(C)c(OC)c(O)c4[C@H]([C@@H]1C2)N3C. The van der Waals surface area contributed by atoms with Gasteiger partial charge in [0.25, 0.3) is 5.91 Å². The van der Waals surface area contributed by atoms with Crippen LogP contribution in [-0.2, 0) is 23.9 Å². The first-order chi connectivity index (χ1) is 18.9. The van der Waals surface area contributed by atoms with Crippen LogP contribution in [-0.4, -0.2) is 101 Å². The highest BCUT2D eigenvalue weighted by atomic mass is 16.5. The fourth-order valence-corrected chi connectivity index (χ4v) is 6.94. The van der Waals surface area contributed by atoms with Crippen LogP contribution in [0, 0.1) is 6.92 Å². The summed E-state index contributed by atoms with van der Waals surface area (Å²) in [5.41, 5.74) is 1.39. The third kappa shape index (κ3) is 3.70. The van der Waals surface area contributed by atoms with Crippen LogP contribution >= 0.6 is 0 Å². The predicted octanol–water partition coefficient (Wildman–Crippen LogP) is 0.334. The van der Waals surface area contributed by atoms with E-state index in [9.17, 15) is 34.5 Å². The van der Waals surface area contributed by atoms with E-state index in [2.05, 4.69) is 5.32 Å². The molecule has 5 atom stereocenters. The lowest BCUT2D eigenvalue weighted by Gasteiger charge is -2.59. The minimum absolute atomic E-state index is 0.0702. The molecule has 0 aromatic heterocycles. The van der Waals surface area contributed by atoms with E-state index in [0.717, 1.165) is 6.92 Å². The fourth-order valence-electron chi connectivity index (χ4n) is 6.94. The molecule has 1 aromatic carbocycles. The zero-order valence-electron chi connectivity index (χ0n) is 23.2. The van der Waals surface area contributed by atoms with E-state index < -0.39 is 47.7 Å². The first kappa shape index (κ1) is 27.8. The van der Waals surface area contributed by atoms with Gasteiger partial charge in [0.1, 0.15) is 5.75 Å². The number of ether oxygens (including phenoxy) is 2. The molecule has 5 rings (SSSR count). The molecular formula is C28H33N3O9. The summed E-state index contributed by atoms with van der Waals surface area (Å²) in [5.74, 6) is -2.78. The average Bonchev–Trinajstić information content (AvgIpc) is 2.91. The van der Waals surface area contributed by atoms with Gasteiger partial charge in [0.05, 0.1) is 38.4 Å². The lowest BCUT2D eigenvalue weighted by Crippen LogP contribution is -2.68. The zero-order chi connectivity index (χ0) is 29.4. The predicted molar refractivity (Wildman–Crippen MR) is 140 cm³/mol. The van der Waals surface area contributed by atoms with Crippen molar-refractivity contribution in [2.24, 2.45) is 0 Å². The second kappa shape index (κ2) is 9.72. The van der Waals surface area contributed by atoms with E-state index in [1.54, 1.807) is 14.0 Å². The quantitative estimate of drug-likeness (QED) is 0.225. The molecule has 1 aromatic rings. The molecule has 1 saturated heterocycles. The van der Waals surface area contributed by atoms with E-state index in [1.807, 2.05) is 9.80 Å². The third-order valence-corrected chi connectivity index (χ3v) is 8.88. The van der Waals surface area contributed by atoms with Gasteiger partial charge < -0.3 is 30.1 Å². The number of Topliss-reactive ketones (excluding diaryl/α,β-unsaturated/α-hetero) is 3. The maximum atomic E-state index is 13.7. The molecule has 1 aliphatic carbocycles. The lowest BCUT2D eigenvalue weighted by atomic mass is 9.70. The highest BCUT2D eigenvalue weighted by molar-refractivity contribution is 6.35. The summed E-state index contributed by atoms with van der Waals surface area (Å²) < 4.78 is 10.7. The highest BCUT2D eigenvalue weighted by Crippen LogP contribution is 2.57. The summed E-state index contributed by atoms with van der Waals surface area (Å²) >= 11 is 0. The highest BCUT2D eigenvalue weighted by Gasteiger charge is 2.56. The van der Waals surface area contributed by atoms with Gasteiger partial charge >= 0.3 is 0 Å². The first-order valence-electron chi connectivity index (χ1n) is 13.0. The Hall–Kier alpha value is -3.74. The van der Waals surface area contributed by atoms with Crippen molar-refractivity contribution in [3.05, 3.63) is 39.2 Å². The number of amides is 1. The van der Waals surface area contributed by atoms with Gasteiger partial charge in [-0.1, -0.05) is 0 Å². The number of aliphatic hydroxyl groups is 1. The van der Waals surface area contributed by atoms with Crippen molar-refractivity contribution in [1.82, 2.24) is 15.1 Å². The van der Waals surface area contributed by atoms with Crippen LogP contribution in [0.25, 0.3) is 0 Å². The van der Waals surface area contributed by atoms with Crippen molar-refractivity contribution < 1.29 is 44.0 Å². The maximum Gasteiger partial charge on any atom is 0.287 e. The molecule has 12 nitrogen and oxygen atoms in total. The molecule has 3 heterocycles. The largest absolute Gasteiger partial charge is 0.507 e. The number of likely N-dealkylation sites (N-methyl/N-ethyl adjacent to an activating group) is 1. The average molecular weight is 556 g/mol. The molecule has 12 heteroatoms. The number of aromatic hydroxyl groups is 2. The van der Waals surface area contributed by atoms with Crippen molar-refractivity contribution in [2.45, 2.75) is 57.5 Å². The van der Waals surface area contributed by atoms with Gasteiger partial charge in [-0.3, -0.25) is 29.0 Å². The van der Waals surface area contributed by atoms with E-state index in [1.165, 1.54) is 21.1 Å². The smallest absolute Gasteiger partial charge is 0.287 e. The summed E-state index contributed by atoms with van der Waals surface area (Å²) in [6.07, 6.45) is -1.09. The summed E-state index contributed by atoms with van der Waals surface area (Å²) in [5, 5.41) is 36.5. The molecule has 0 unspecified atom stereocenters. The van der Waals surface area contributed by atoms with E-state index in [4.69, 9.17) is 9.47 Å². The lowest BCUT2D eigenvalue weighted by molar-refractivity contribution is -0.137. The number of phenolic OH excluding ortho intramolecular Hbond substituents is 2. The second-order valence-corrected chi connectivity index (χ2v) is 10.8. The van der Waals surface area contributed by atoms with Crippen LogP contribution in [0.4, 0.5) is 0 Å². The van der Waals surface area contributed by atoms with Gasteiger partial charge in [0, 0.05) is 59.5 Å². The van der Waals surface area contributed by atoms with Crippen molar-refractivity contribution >= 4 is 23.3 Å². The van der Waals surface area contributed by atoms with Crippen LogP contribution in [0.3, 0.4) is 0 Å². The van der Waals surface area contributed by atoms with Crippen molar-refractivity contribution in [1.29, 1.82) is 0 Å². The Morgan fingerprint density at radius 2 is 1.70 bits per heavy atom. The summed E-state index contributed by atoms with van der Waals surface area (Å²) in [6, 6.07) is -2.55. The van der Waals surface area contributed by atoms with E-state index in [-0.39, 0.29) is 81.7 Å². The number of fused-ring (bicyclic) bond motifs is 6. The van der Waals surface area contributed by atoms with E-state index >= 15 is 0 Å². The molecule has 4 aliphatic rings. The van der Waals surface area contributed by atoms with Crippen LogP contribution in [0.2, 0.25) is 0 Å². The number of hydrogen-bond donors (Lipinski definition) is 4. The minimum atomic E-state index is -1.21. The van der Waals surface area contributed by atoms with Gasteiger partial charge in [-0.05, 0) is 27.3 Å².